The summed E-state index contributed by atoms with van der Waals surface area (Å²) in [4.78, 5) is 23.4. The number of H-pyrrole nitrogens is 1. The molecule has 0 aliphatic rings. The molecule has 0 radical (unpaired) electrons. The number of amides is 1. The molecule has 3 aromatic heterocycles. The van der Waals surface area contributed by atoms with Crippen molar-refractivity contribution < 1.29 is 9.18 Å². The van der Waals surface area contributed by atoms with Gasteiger partial charge in [-0.15, -0.1) is 0 Å². The minimum absolute atomic E-state index is 0.187. The van der Waals surface area contributed by atoms with Crippen molar-refractivity contribution in [3.05, 3.63) is 79.2 Å². The number of aromatic nitrogens is 3. The number of hydrogen-bond donors (Lipinski definition) is 3. The van der Waals surface area contributed by atoms with E-state index in [9.17, 15) is 9.18 Å². The van der Waals surface area contributed by atoms with Crippen LogP contribution in [0.15, 0.2) is 73.2 Å². The normalized spacial score (nSPS) is 11.3. The molecule has 3 heterocycles. The van der Waals surface area contributed by atoms with E-state index < -0.39 is 5.95 Å². The molecule has 0 fully saturated rings. The summed E-state index contributed by atoms with van der Waals surface area (Å²) in [6.07, 6.45) is 8.38. The van der Waals surface area contributed by atoms with Crippen molar-refractivity contribution >= 4 is 22.6 Å². The molecule has 0 spiro atoms. The molecule has 0 unspecified atom stereocenters. The van der Waals surface area contributed by atoms with E-state index in [4.69, 9.17) is 0 Å². The Bertz CT molecular complexity index is 1210. The Morgan fingerprint density at radius 3 is 2.77 bits per heavy atom. The smallest absolute Gasteiger partial charge is 0.248 e. The van der Waals surface area contributed by atoms with Crippen LogP contribution in [0.2, 0.25) is 0 Å². The maximum Gasteiger partial charge on any atom is 0.248 e. The first kappa shape index (κ1) is 19.5. The molecule has 150 valence electrons. The fraction of sp³-hybridized carbons (Fsp3) is 0.0870. The monoisotopic (exact) mass is 401 g/mol. The zero-order chi connectivity index (χ0) is 20.9. The molecular formula is C23H20FN5O. The molecule has 6 nitrogen and oxygen atoms in total. The van der Waals surface area contributed by atoms with E-state index >= 15 is 0 Å². The first-order chi connectivity index (χ1) is 14.6. The lowest BCUT2D eigenvalue weighted by Crippen LogP contribution is -2.10. The van der Waals surface area contributed by atoms with Gasteiger partial charge in [-0.25, -0.2) is 9.97 Å². The number of anilines is 1. The summed E-state index contributed by atoms with van der Waals surface area (Å²) in [7, 11) is 1.82. The van der Waals surface area contributed by atoms with Gasteiger partial charge in [-0.3, -0.25) is 4.79 Å². The zero-order valence-electron chi connectivity index (χ0n) is 16.3. The molecule has 1 amide bonds. The fourth-order valence-electron chi connectivity index (χ4n) is 3.18. The minimum Gasteiger partial charge on any atom is -0.346 e. The van der Waals surface area contributed by atoms with E-state index in [1.165, 1.54) is 18.3 Å². The maximum atomic E-state index is 13.2. The van der Waals surface area contributed by atoms with E-state index in [-0.39, 0.29) is 5.91 Å². The van der Waals surface area contributed by atoms with Crippen molar-refractivity contribution in [2.24, 2.45) is 0 Å². The minimum atomic E-state index is -0.517. The van der Waals surface area contributed by atoms with Crippen molar-refractivity contribution in [2.75, 3.05) is 18.9 Å². The van der Waals surface area contributed by atoms with Crippen LogP contribution in [0.25, 0.3) is 33.3 Å². The fourth-order valence-corrected chi connectivity index (χ4v) is 3.18. The zero-order valence-corrected chi connectivity index (χ0v) is 16.3. The molecule has 0 aliphatic heterocycles. The van der Waals surface area contributed by atoms with Crippen LogP contribution in [0.4, 0.5) is 10.1 Å². The second-order valence-corrected chi connectivity index (χ2v) is 6.72. The maximum absolute atomic E-state index is 13.2. The van der Waals surface area contributed by atoms with Crippen LogP contribution in [-0.2, 0) is 4.79 Å². The van der Waals surface area contributed by atoms with Gasteiger partial charge < -0.3 is 15.6 Å². The van der Waals surface area contributed by atoms with E-state index in [0.717, 1.165) is 33.3 Å². The number of carbonyl (C=O) groups excluding carboxylic acids is 1. The summed E-state index contributed by atoms with van der Waals surface area (Å²) in [5.41, 5.74) is 4.95. The van der Waals surface area contributed by atoms with Gasteiger partial charge in [0, 0.05) is 59.0 Å². The van der Waals surface area contributed by atoms with Gasteiger partial charge >= 0.3 is 0 Å². The Kier molecular flexibility index (Phi) is 5.63. The molecule has 0 saturated heterocycles. The lowest BCUT2D eigenvalue weighted by Gasteiger charge is -2.07. The van der Waals surface area contributed by atoms with E-state index in [1.807, 2.05) is 43.6 Å². The number of likely N-dealkylation sites (N-methyl/N-ethyl adjacent to an activating group) is 1. The van der Waals surface area contributed by atoms with Gasteiger partial charge in [0.15, 0.2) is 0 Å². The Labute approximate surface area is 172 Å². The number of benzene rings is 1. The van der Waals surface area contributed by atoms with Gasteiger partial charge in [0.25, 0.3) is 0 Å². The first-order valence-electron chi connectivity index (χ1n) is 9.45. The first-order valence-corrected chi connectivity index (χ1v) is 9.45. The van der Waals surface area contributed by atoms with Gasteiger partial charge in [-0.2, -0.15) is 4.39 Å². The number of pyridine rings is 2. The summed E-state index contributed by atoms with van der Waals surface area (Å²) >= 11 is 0. The number of fused-ring (bicyclic) bond motifs is 1. The van der Waals surface area contributed by atoms with Crippen molar-refractivity contribution in [2.45, 2.75) is 0 Å². The highest BCUT2D eigenvalue weighted by Gasteiger charge is 2.10. The number of rotatable bonds is 6. The number of nitrogens with zero attached hydrogens (tertiary/aromatic N) is 2. The Morgan fingerprint density at radius 1 is 1.10 bits per heavy atom. The Hall–Kier alpha value is -3.84. The highest BCUT2D eigenvalue weighted by molar-refractivity contribution is 6.00. The molecule has 3 N–H and O–H groups in total. The third-order valence-electron chi connectivity index (χ3n) is 4.62. The molecule has 4 aromatic rings. The molecule has 1 aromatic carbocycles. The second-order valence-electron chi connectivity index (χ2n) is 6.72. The largest absolute Gasteiger partial charge is 0.346 e. The summed E-state index contributed by atoms with van der Waals surface area (Å²) in [6.45, 7) is 0.627. The quantitative estimate of drug-likeness (QED) is 0.335. The molecule has 7 heteroatoms. The third kappa shape index (κ3) is 4.26. The van der Waals surface area contributed by atoms with Gasteiger partial charge in [0.2, 0.25) is 11.9 Å². The molecule has 0 aliphatic carbocycles. The van der Waals surface area contributed by atoms with E-state index in [2.05, 4.69) is 25.6 Å². The number of nitrogens with one attached hydrogen (secondary N) is 3. The molecular weight excluding hydrogens is 381 g/mol. The van der Waals surface area contributed by atoms with E-state index in [1.54, 1.807) is 18.3 Å². The summed E-state index contributed by atoms with van der Waals surface area (Å²) in [6, 6.07) is 12.6. The highest BCUT2D eigenvalue weighted by Crippen LogP contribution is 2.31. The molecule has 0 bridgehead atoms. The van der Waals surface area contributed by atoms with Gasteiger partial charge in [0.05, 0.1) is 0 Å². The Balaban J connectivity index is 1.64. The van der Waals surface area contributed by atoms with Crippen LogP contribution in [-0.4, -0.2) is 34.5 Å². The predicted molar refractivity (Wildman–Crippen MR) is 116 cm³/mol. The van der Waals surface area contributed by atoms with Crippen molar-refractivity contribution in [1.29, 1.82) is 0 Å². The number of aromatic amines is 1. The summed E-state index contributed by atoms with van der Waals surface area (Å²) < 4.78 is 13.2. The molecule has 0 saturated carbocycles. The molecule has 30 heavy (non-hydrogen) atoms. The topological polar surface area (TPSA) is 82.7 Å². The van der Waals surface area contributed by atoms with Crippen LogP contribution >= 0.6 is 0 Å². The van der Waals surface area contributed by atoms with Crippen LogP contribution < -0.4 is 10.6 Å². The summed E-state index contributed by atoms with van der Waals surface area (Å²) in [5.74, 6) is -0.704. The SMILES string of the molecule is CNCC=CC(=O)Nc1cccc(-c2cnc3[nH]cc(-c4ccc(F)nc4)c3c2)c1. The van der Waals surface area contributed by atoms with Crippen molar-refractivity contribution in [1.82, 2.24) is 20.3 Å². The van der Waals surface area contributed by atoms with Crippen LogP contribution in [0, 0.1) is 5.95 Å². The Morgan fingerprint density at radius 2 is 1.97 bits per heavy atom. The lowest BCUT2D eigenvalue weighted by molar-refractivity contribution is -0.111. The molecule has 4 rings (SSSR count). The van der Waals surface area contributed by atoms with Crippen LogP contribution in [0.1, 0.15) is 0 Å². The third-order valence-corrected chi connectivity index (χ3v) is 4.62. The molecule has 0 atom stereocenters. The lowest BCUT2D eigenvalue weighted by atomic mass is 10.0. The van der Waals surface area contributed by atoms with Crippen LogP contribution in [0.5, 0.6) is 0 Å². The van der Waals surface area contributed by atoms with Crippen molar-refractivity contribution in [3.63, 3.8) is 0 Å². The second kappa shape index (κ2) is 8.67. The van der Waals surface area contributed by atoms with Crippen molar-refractivity contribution in [3.8, 4) is 22.3 Å². The number of hydrogen-bond acceptors (Lipinski definition) is 4. The summed E-state index contributed by atoms with van der Waals surface area (Å²) in [5, 5.41) is 6.72. The highest BCUT2D eigenvalue weighted by atomic mass is 19.1. The van der Waals surface area contributed by atoms with Gasteiger partial charge in [-0.05, 0) is 42.9 Å². The van der Waals surface area contributed by atoms with Gasteiger partial charge in [0.1, 0.15) is 5.65 Å². The average molecular weight is 401 g/mol. The number of carbonyl (C=O) groups is 1. The van der Waals surface area contributed by atoms with Gasteiger partial charge in [-0.1, -0.05) is 18.2 Å². The standard InChI is InChI=1S/C23H20FN5O/c1-25-9-3-6-22(30)29-18-5-2-4-15(10-18)17-11-19-20(14-28-23(19)27-13-17)16-7-8-21(24)26-12-16/h2-8,10-14,25H,9H2,1H3,(H,27,28)(H,29,30). The average Bonchev–Trinajstić information content (AvgIpc) is 3.18. The number of halogens is 1. The van der Waals surface area contributed by atoms with Crippen LogP contribution in [0.3, 0.4) is 0 Å². The van der Waals surface area contributed by atoms with E-state index in [0.29, 0.717) is 12.2 Å². The predicted octanol–water partition coefficient (Wildman–Crippen LogP) is 4.15.